The van der Waals surface area contributed by atoms with Gasteiger partial charge in [0, 0.05) is 13.5 Å². The van der Waals surface area contributed by atoms with Crippen LogP contribution < -0.4 is 5.32 Å². The van der Waals surface area contributed by atoms with E-state index in [0.717, 1.165) is 11.1 Å². The van der Waals surface area contributed by atoms with Crippen molar-refractivity contribution in [1.82, 2.24) is 5.32 Å². The first-order valence-corrected chi connectivity index (χ1v) is 6.14. The Labute approximate surface area is 113 Å². The van der Waals surface area contributed by atoms with Gasteiger partial charge >= 0.3 is 5.97 Å². The van der Waals surface area contributed by atoms with Gasteiger partial charge in [-0.25, -0.2) is 4.79 Å². The third kappa shape index (κ3) is 4.95. The first-order chi connectivity index (χ1) is 9.04. The topological polar surface area (TPSA) is 55.4 Å². The minimum Gasteiger partial charge on any atom is -0.465 e. The van der Waals surface area contributed by atoms with E-state index >= 15 is 0 Å². The first-order valence-electron chi connectivity index (χ1n) is 6.14. The Bertz CT molecular complexity index is 492. The molecule has 1 rings (SSSR count). The quantitative estimate of drug-likeness (QED) is 0.653. The lowest BCUT2D eigenvalue weighted by Crippen LogP contribution is -2.20. The van der Waals surface area contributed by atoms with Gasteiger partial charge in [-0.2, -0.15) is 0 Å². The molecule has 0 saturated carbocycles. The molecule has 0 saturated heterocycles. The van der Waals surface area contributed by atoms with Crippen molar-refractivity contribution in [1.29, 1.82) is 0 Å². The van der Waals surface area contributed by atoms with Crippen LogP contribution in [0.15, 0.2) is 24.3 Å². The maximum absolute atomic E-state index is 11.6. The second kappa shape index (κ2) is 7.36. The number of ether oxygens (including phenoxy) is 1. The van der Waals surface area contributed by atoms with E-state index in [1.54, 1.807) is 6.07 Å². The highest BCUT2D eigenvalue weighted by Crippen LogP contribution is 2.15. The number of hydrogen-bond donors (Lipinski definition) is 1. The van der Waals surface area contributed by atoms with Gasteiger partial charge in [-0.05, 0) is 25.0 Å². The Morgan fingerprint density at radius 3 is 2.74 bits per heavy atom. The second-order valence-corrected chi connectivity index (χ2v) is 4.26. The first kappa shape index (κ1) is 15.0. The van der Waals surface area contributed by atoms with Crippen molar-refractivity contribution in [2.75, 3.05) is 13.7 Å². The van der Waals surface area contributed by atoms with E-state index in [4.69, 9.17) is 4.74 Å². The molecule has 0 fully saturated rings. The van der Waals surface area contributed by atoms with Crippen molar-refractivity contribution in [3.8, 4) is 0 Å². The molecule has 0 aliphatic heterocycles. The molecule has 19 heavy (non-hydrogen) atoms. The van der Waals surface area contributed by atoms with Crippen molar-refractivity contribution in [3.05, 3.63) is 41.0 Å². The van der Waals surface area contributed by atoms with E-state index in [1.807, 2.05) is 31.2 Å². The number of aryl methyl sites for hydroxylation is 1. The van der Waals surface area contributed by atoms with Gasteiger partial charge in [-0.1, -0.05) is 29.8 Å². The summed E-state index contributed by atoms with van der Waals surface area (Å²) in [5.74, 6) is -0.388. The standard InChI is InChI=1S/C15H19NO3/c1-11-7-8-14(15(18)19-3)13(10-11)6-4-5-9-16-12(2)17/h4,6-8,10H,5,9H2,1-3H3,(H,16,17). The lowest BCUT2D eigenvalue weighted by molar-refractivity contribution is -0.118. The van der Waals surface area contributed by atoms with Crippen LogP contribution in [0, 0.1) is 6.92 Å². The maximum Gasteiger partial charge on any atom is 0.338 e. The van der Waals surface area contributed by atoms with Crippen LogP contribution in [0.25, 0.3) is 6.08 Å². The molecule has 0 bridgehead atoms. The van der Waals surface area contributed by atoms with Gasteiger partial charge in [0.2, 0.25) is 5.91 Å². The fourth-order valence-corrected chi connectivity index (χ4v) is 1.66. The van der Waals surface area contributed by atoms with E-state index in [2.05, 4.69) is 5.32 Å². The summed E-state index contributed by atoms with van der Waals surface area (Å²) in [5, 5.41) is 2.71. The zero-order chi connectivity index (χ0) is 14.3. The number of amides is 1. The average Bonchev–Trinajstić information content (AvgIpc) is 2.37. The molecule has 0 atom stereocenters. The van der Waals surface area contributed by atoms with E-state index in [9.17, 15) is 9.59 Å². The third-order valence-electron chi connectivity index (χ3n) is 2.59. The van der Waals surface area contributed by atoms with Gasteiger partial charge in [0.1, 0.15) is 0 Å². The number of carbonyl (C=O) groups excluding carboxylic acids is 2. The predicted molar refractivity (Wildman–Crippen MR) is 74.9 cm³/mol. The van der Waals surface area contributed by atoms with Gasteiger partial charge in [-0.15, -0.1) is 0 Å². The van der Waals surface area contributed by atoms with E-state index in [0.29, 0.717) is 18.5 Å². The summed E-state index contributed by atoms with van der Waals surface area (Å²) in [5.41, 5.74) is 2.45. The second-order valence-electron chi connectivity index (χ2n) is 4.26. The molecule has 0 aromatic heterocycles. The van der Waals surface area contributed by atoms with Crippen LogP contribution in [0.2, 0.25) is 0 Å². The minimum absolute atomic E-state index is 0.0424. The molecule has 0 spiro atoms. The highest BCUT2D eigenvalue weighted by atomic mass is 16.5. The maximum atomic E-state index is 11.6. The highest BCUT2D eigenvalue weighted by molar-refractivity contribution is 5.93. The molecular formula is C15H19NO3. The van der Waals surface area contributed by atoms with Gasteiger partial charge < -0.3 is 10.1 Å². The van der Waals surface area contributed by atoms with E-state index < -0.39 is 0 Å². The molecule has 1 amide bonds. The van der Waals surface area contributed by atoms with Crippen LogP contribution in [0.1, 0.15) is 34.8 Å². The molecular weight excluding hydrogens is 242 g/mol. The number of carbonyl (C=O) groups is 2. The zero-order valence-corrected chi connectivity index (χ0v) is 11.5. The number of hydrogen-bond acceptors (Lipinski definition) is 3. The van der Waals surface area contributed by atoms with Crippen molar-refractivity contribution in [2.45, 2.75) is 20.3 Å². The van der Waals surface area contributed by atoms with Gasteiger partial charge in [0.25, 0.3) is 0 Å². The van der Waals surface area contributed by atoms with Crippen LogP contribution in [0.4, 0.5) is 0 Å². The van der Waals surface area contributed by atoms with Gasteiger partial charge in [0.05, 0.1) is 12.7 Å². The molecule has 0 aliphatic carbocycles. The zero-order valence-electron chi connectivity index (χ0n) is 11.5. The molecule has 0 aliphatic rings. The molecule has 4 nitrogen and oxygen atoms in total. The van der Waals surface area contributed by atoms with Crippen LogP contribution in [-0.4, -0.2) is 25.5 Å². The highest BCUT2D eigenvalue weighted by Gasteiger charge is 2.09. The lowest BCUT2D eigenvalue weighted by atomic mass is 10.0. The number of benzene rings is 1. The Morgan fingerprint density at radius 1 is 1.37 bits per heavy atom. The largest absolute Gasteiger partial charge is 0.465 e. The fourth-order valence-electron chi connectivity index (χ4n) is 1.66. The number of rotatable bonds is 5. The number of esters is 1. The monoisotopic (exact) mass is 261 g/mol. The summed E-state index contributed by atoms with van der Waals surface area (Å²) in [6.07, 6.45) is 4.52. The summed E-state index contributed by atoms with van der Waals surface area (Å²) in [6.45, 7) is 4.04. The van der Waals surface area contributed by atoms with Gasteiger partial charge in [0.15, 0.2) is 0 Å². The van der Waals surface area contributed by atoms with Crippen molar-refractivity contribution in [2.24, 2.45) is 0 Å². The fraction of sp³-hybridized carbons (Fsp3) is 0.333. The Hall–Kier alpha value is -2.10. The molecule has 102 valence electrons. The van der Waals surface area contributed by atoms with Crippen LogP contribution in [-0.2, 0) is 9.53 Å². The van der Waals surface area contributed by atoms with Crippen molar-refractivity contribution in [3.63, 3.8) is 0 Å². The summed E-state index contributed by atoms with van der Waals surface area (Å²) in [7, 11) is 1.37. The van der Waals surface area contributed by atoms with Gasteiger partial charge in [-0.3, -0.25) is 4.79 Å². The summed E-state index contributed by atoms with van der Waals surface area (Å²) in [6, 6.07) is 5.57. The smallest absolute Gasteiger partial charge is 0.338 e. The number of nitrogens with one attached hydrogen (secondary N) is 1. The number of methoxy groups -OCH3 is 1. The van der Waals surface area contributed by atoms with Crippen molar-refractivity contribution >= 4 is 18.0 Å². The third-order valence-corrected chi connectivity index (χ3v) is 2.59. The molecule has 1 N–H and O–H groups in total. The van der Waals surface area contributed by atoms with Crippen LogP contribution in [0.5, 0.6) is 0 Å². The average molecular weight is 261 g/mol. The molecule has 4 heteroatoms. The molecule has 1 aromatic rings. The minimum atomic E-state index is -0.346. The molecule has 0 heterocycles. The molecule has 1 aromatic carbocycles. The molecule has 0 unspecified atom stereocenters. The summed E-state index contributed by atoms with van der Waals surface area (Å²) in [4.78, 5) is 22.3. The van der Waals surface area contributed by atoms with Crippen molar-refractivity contribution < 1.29 is 14.3 Å². The Balaban J connectivity index is 2.75. The summed E-state index contributed by atoms with van der Waals surface area (Å²) < 4.78 is 4.75. The lowest BCUT2D eigenvalue weighted by Gasteiger charge is -2.05. The SMILES string of the molecule is COC(=O)c1ccc(C)cc1C=CCCNC(C)=O. The van der Waals surface area contributed by atoms with E-state index in [1.165, 1.54) is 14.0 Å². The predicted octanol–water partition coefficient (Wildman–Crippen LogP) is 2.32. The van der Waals surface area contributed by atoms with Crippen LogP contribution in [0.3, 0.4) is 0 Å². The Morgan fingerprint density at radius 2 is 2.11 bits per heavy atom. The normalized spacial score (nSPS) is 10.5. The Kier molecular flexibility index (Phi) is 5.79. The van der Waals surface area contributed by atoms with E-state index in [-0.39, 0.29) is 11.9 Å². The van der Waals surface area contributed by atoms with Crippen LogP contribution >= 0.6 is 0 Å². The summed E-state index contributed by atoms with van der Waals surface area (Å²) >= 11 is 0. The molecule has 0 radical (unpaired) electrons.